The average molecular weight is 338 g/mol. The summed E-state index contributed by atoms with van der Waals surface area (Å²) in [5, 5.41) is 0. The molecule has 3 heterocycles. The maximum atomic E-state index is 12.1. The number of carbonyl (C=O) groups excluding carboxylic acids is 1. The van der Waals surface area contributed by atoms with Gasteiger partial charge in [-0.25, -0.2) is 9.78 Å². The highest BCUT2D eigenvalue weighted by atomic mass is 16.6. The molecule has 0 unspecified atom stereocenters. The van der Waals surface area contributed by atoms with Crippen LogP contribution in [0.3, 0.4) is 0 Å². The number of amides is 1. The maximum Gasteiger partial charge on any atom is 0.414 e. The van der Waals surface area contributed by atoms with Gasteiger partial charge in [0, 0.05) is 44.6 Å². The van der Waals surface area contributed by atoms with Gasteiger partial charge >= 0.3 is 6.09 Å². The van der Waals surface area contributed by atoms with Crippen molar-refractivity contribution in [2.45, 2.75) is 6.10 Å². The number of benzene rings is 1. The second kappa shape index (κ2) is 7.11. The van der Waals surface area contributed by atoms with Gasteiger partial charge in [0.1, 0.15) is 11.9 Å². The molecule has 2 fully saturated rings. The monoisotopic (exact) mass is 338 g/mol. The van der Waals surface area contributed by atoms with Gasteiger partial charge in [0.2, 0.25) is 0 Å². The molecule has 1 amide bonds. The molecule has 0 aliphatic carbocycles. The number of cyclic esters (lactones) is 1. The Morgan fingerprint density at radius 2 is 1.76 bits per heavy atom. The van der Waals surface area contributed by atoms with Crippen LogP contribution in [-0.2, 0) is 4.74 Å². The van der Waals surface area contributed by atoms with Crippen molar-refractivity contribution in [3.63, 3.8) is 0 Å². The largest absolute Gasteiger partial charge is 0.443 e. The Balaban J connectivity index is 1.30. The van der Waals surface area contributed by atoms with E-state index in [1.807, 2.05) is 54.7 Å². The fourth-order valence-corrected chi connectivity index (χ4v) is 3.42. The summed E-state index contributed by atoms with van der Waals surface area (Å²) in [5.74, 6) is 1.03. The quantitative estimate of drug-likeness (QED) is 0.856. The van der Waals surface area contributed by atoms with Gasteiger partial charge in [-0.3, -0.25) is 9.80 Å². The molecular formula is C19H22N4O2. The number of pyridine rings is 1. The number of carbonyl (C=O) groups is 1. The Hall–Kier alpha value is -2.60. The van der Waals surface area contributed by atoms with E-state index >= 15 is 0 Å². The van der Waals surface area contributed by atoms with Gasteiger partial charge in [0.05, 0.1) is 6.54 Å². The van der Waals surface area contributed by atoms with E-state index in [-0.39, 0.29) is 12.2 Å². The summed E-state index contributed by atoms with van der Waals surface area (Å²) in [4.78, 5) is 22.9. The molecule has 1 aromatic carbocycles. The summed E-state index contributed by atoms with van der Waals surface area (Å²) in [6, 6.07) is 15.7. The first-order valence-electron chi connectivity index (χ1n) is 8.71. The average Bonchev–Trinajstić information content (AvgIpc) is 3.04. The molecule has 0 radical (unpaired) electrons. The van der Waals surface area contributed by atoms with E-state index in [4.69, 9.17) is 4.74 Å². The van der Waals surface area contributed by atoms with E-state index in [2.05, 4.69) is 14.8 Å². The fourth-order valence-electron chi connectivity index (χ4n) is 3.42. The van der Waals surface area contributed by atoms with Gasteiger partial charge in [-0.2, -0.15) is 0 Å². The van der Waals surface area contributed by atoms with Crippen molar-refractivity contribution in [2.75, 3.05) is 49.1 Å². The fraction of sp³-hybridized carbons (Fsp3) is 0.368. The van der Waals surface area contributed by atoms with Crippen LogP contribution in [0.4, 0.5) is 16.3 Å². The SMILES string of the molecule is O=C1O[C@@H](CN2CCN(c3ccccn3)CC2)CN1c1ccccc1. The predicted molar refractivity (Wildman–Crippen MR) is 96.9 cm³/mol. The maximum absolute atomic E-state index is 12.1. The Morgan fingerprint density at radius 1 is 1.00 bits per heavy atom. The Morgan fingerprint density at radius 3 is 2.48 bits per heavy atom. The molecule has 25 heavy (non-hydrogen) atoms. The first kappa shape index (κ1) is 15.9. The van der Waals surface area contributed by atoms with E-state index in [0.29, 0.717) is 6.54 Å². The van der Waals surface area contributed by atoms with E-state index in [0.717, 1.165) is 44.2 Å². The van der Waals surface area contributed by atoms with Crippen LogP contribution in [0.1, 0.15) is 0 Å². The van der Waals surface area contributed by atoms with Crippen molar-refractivity contribution < 1.29 is 9.53 Å². The smallest absolute Gasteiger partial charge is 0.414 e. The number of piperazine rings is 1. The van der Waals surface area contributed by atoms with Crippen LogP contribution in [0.25, 0.3) is 0 Å². The highest BCUT2D eigenvalue weighted by molar-refractivity contribution is 5.89. The van der Waals surface area contributed by atoms with E-state index in [1.54, 1.807) is 4.90 Å². The summed E-state index contributed by atoms with van der Waals surface area (Å²) in [5.41, 5.74) is 0.898. The normalized spacial score (nSPS) is 21.4. The molecule has 6 heteroatoms. The molecule has 2 aromatic rings. The molecule has 2 aliphatic heterocycles. The van der Waals surface area contributed by atoms with Crippen molar-refractivity contribution in [3.8, 4) is 0 Å². The minimum absolute atomic E-state index is 0.0749. The lowest BCUT2D eigenvalue weighted by atomic mass is 10.2. The molecule has 0 saturated carbocycles. The van der Waals surface area contributed by atoms with E-state index in [1.165, 1.54) is 0 Å². The number of anilines is 2. The molecular weight excluding hydrogens is 316 g/mol. The second-order valence-electron chi connectivity index (χ2n) is 6.43. The highest BCUT2D eigenvalue weighted by Crippen LogP contribution is 2.22. The lowest BCUT2D eigenvalue weighted by Gasteiger charge is -2.36. The minimum atomic E-state index is -0.247. The van der Waals surface area contributed by atoms with Crippen LogP contribution >= 0.6 is 0 Å². The van der Waals surface area contributed by atoms with Gasteiger partial charge in [-0.1, -0.05) is 24.3 Å². The molecule has 130 valence electrons. The van der Waals surface area contributed by atoms with E-state index < -0.39 is 0 Å². The summed E-state index contributed by atoms with van der Waals surface area (Å²) < 4.78 is 5.56. The zero-order valence-electron chi connectivity index (χ0n) is 14.1. The van der Waals surface area contributed by atoms with Gasteiger partial charge in [0.15, 0.2) is 0 Å². The van der Waals surface area contributed by atoms with Crippen LogP contribution in [0.5, 0.6) is 0 Å². The van der Waals surface area contributed by atoms with Crippen LogP contribution in [0, 0.1) is 0 Å². The van der Waals surface area contributed by atoms with Gasteiger partial charge in [-0.15, -0.1) is 0 Å². The van der Waals surface area contributed by atoms with Crippen molar-refractivity contribution in [1.29, 1.82) is 0 Å². The van der Waals surface area contributed by atoms with Crippen molar-refractivity contribution in [2.24, 2.45) is 0 Å². The molecule has 1 aromatic heterocycles. The zero-order chi connectivity index (χ0) is 17.1. The Kier molecular flexibility index (Phi) is 4.52. The third-order valence-electron chi connectivity index (χ3n) is 4.75. The summed E-state index contributed by atoms with van der Waals surface area (Å²) >= 11 is 0. The van der Waals surface area contributed by atoms with Crippen molar-refractivity contribution >= 4 is 17.6 Å². The minimum Gasteiger partial charge on any atom is -0.443 e. The second-order valence-corrected chi connectivity index (χ2v) is 6.43. The van der Waals surface area contributed by atoms with Crippen LogP contribution in [0.2, 0.25) is 0 Å². The molecule has 0 spiro atoms. The summed E-state index contributed by atoms with van der Waals surface area (Å²) in [6.07, 6.45) is 1.51. The standard InChI is InChI=1S/C19H22N4O2/c24-19-23(16-6-2-1-3-7-16)15-17(25-19)14-21-10-12-22(13-11-21)18-8-4-5-9-20-18/h1-9,17H,10-15H2/t17-/m0/s1. The number of nitrogens with zero attached hydrogens (tertiary/aromatic N) is 4. The zero-order valence-corrected chi connectivity index (χ0v) is 14.1. The molecule has 2 aliphatic rings. The number of para-hydroxylation sites is 1. The first-order valence-corrected chi connectivity index (χ1v) is 8.71. The topological polar surface area (TPSA) is 48.9 Å². The van der Waals surface area contributed by atoms with Crippen LogP contribution < -0.4 is 9.80 Å². The molecule has 0 N–H and O–H groups in total. The van der Waals surface area contributed by atoms with Crippen LogP contribution in [-0.4, -0.2) is 61.3 Å². The van der Waals surface area contributed by atoms with Crippen molar-refractivity contribution in [3.05, 3.63) is 54.7 Å². The van der Waals surface area contributed by atoms with Gasteiger partial charge < -0.3 is 9.64 Å². The van der Waals surface area contributed by atoms with E-state index in [9.17, 15) is 4.79 Å². The predicted octanol–water partition coefficient (Wildman–Crippen LogP) is 2.23. The number of ether oxygens (including phenoxy) is 1. The molecule has 6 nitrogen and oxygen atoms in total. The number of hydrogen-bond donors (Lipinski definition) is 0. The molecule has 1 atom stereocenters. The van der Waals surface area contributed by atoms with Crippen molar-refractivity contribution in [1.82, 2.24) is 9.88 Å². The summed E-state index contributed by atoms with van der Waals surface area (Å²) in [6.45, 7) is 5.19. The number of rotatable bonds is 4. The molecule has 4 rings (SSSR count). The third kappa shape index (κ3) is 3.58. The Labute approximate surface area is 147 Å². The molecule has 0 bridgehead atoms. The third-order valence-corrected chi connectivity index (χ3v) is 4.75. The number of hydrogen-bond acceptors (Lipinski definition) is 5. The van der Waals surface area contributed by atoms with Gasteiger partial charge in [0.25, 0.3) is 0 Å². The highest BCUT2D eigenvalue weighted by Gasteiger charge is 2.34. The Bertz CT molecular complexity index is 702. The lowest BCUT2D eigenvalue weighted by Crippen LogP contribution is -2.49. The first-order chi connectivity index (χ1) is 12.3. The lowest BCUT2D eigenvalue weighted by molar-refractivity contribution is 0.106. The number of aromatic nitrogens is 1. The molecule has 2 saturated heterocycles. The summed E-state index contributed by atoms with van der Waals surface area (Å²) in [7, 11) is 0. The van der Waals surface area contributed by atoms with Gasteiger partial charge in [-0.05, 0) is 24.3 Å². The van der Waals surface area contributed by atoms with Crippen LogP contribution in [0.15, 0.2) is 54.7 Å².